The van der Waals surface area contributed by atoms with Crippen molar-refractivity contribution in [1.29, 1.82) is 0 Å². The molecule has 1 N–H and O–H groups in total. The fourth-order valence-corrected chi connectivity index (χ4v) is 2.09. The zero-order valence-electron chi connectivity index (χ0n) is 9.32. The number of thiophene rings is 1. The van der Waals surface area contributed by atoms with Crippen molar-refractivity contribution in [3.05, 3.63) is 23.5 Å². The molecule has 0 aliphatic rings. The van der Waals surface area contributed by atoms with Gasteiger partial charge in [-0.25, -0.2) is 4.98 Å². The fourth-order valence-electron chi connectivity index (χ4n) is 1.29. The first-order chi connectivity index (χ1) is 7.83. The number of hydrogen-bond donors (Lipinski definition) is 1. The molecule has 0 radical (unpaired) electrons. The van der Waals surface area contributed by atoms with Crippen molar-refractivity contribution in [3.8, 4) is 16.4 Å². The maximum atomic E-state index is 5.61. The van der Waals surface area contributed by atoms with E-state index < -0.39 is 0 Å². The Morgan fingerprint density at radius 1 is 1.56 bits per heavy atom. The van der Waals surface area contributed by atoms with Gasteiger partial charge in [-0.2, -0.15) is 0 Å². The van der Waals surface area contributed by atoms with Crippen molar-refractivity contribution in [2.45, 2.75) is 13.5 Å². The van der Waals surface area contributed by atoms with Crippen molar-refractivity contribution in [2.75, 3.05) is 13.7 Å². The molecule has 2 heterocycles. The maximum absolute atomic E-state index is 5.61. The summed E-state index contributed by atoms with van der Waals surface area (Å²) in [5, 5.41) is 5.11. The van der Waals surface area contributed by atoms with Gasteiger partial charge in [-0.3, -0.25) is 0 Å². The standard InChI is InChI=1S/C11H14N2O2S/c1-3-12-6-11-13-5-9(15-11)10-4-8(14-2)7-16-10/h4-5,7,12H,3,6H2,1-2H3. The van der Waals surface area contributed by atoms with Crippen LogP contribution in [0.1, 0.15) is 12.8 Å². The second kappa shape index (κ2) is 5.14. The third kappa shape index (κ3) is 2.43. The van der Waals surface area contributed by atoms with Gasteiger partial charge in [0.2, 0.25) is 5.89 Å². The maximum Gasteiger partial charge on any atom is 0.208 e. The van der Waals surface area contributed by atoms with Gasteiger partial charge in [-0.15, -0.1) is 11.3 Å². The van der Waals surface area contributed by atoms with E-state index >= 15 is 0 Å². The van der Waals surface area contributed by atoms with Gasteiger partial charge in [0.15, 0.2) is 5.76 Å². The first-order valence-corrected chi connectivity index (χ1v) is 5.99. The zero-order chi connectivity index (χ0) is 11.4. The van der Waals surface area contributed by atoms with Crippen LogP contribution >= 0.6 is 11.3 Å². The number of hydrogen-bond acceptors (Lipinski definition) is 5. The Morgan fingerprint density at radius 3 is 3.12 bits per heavy atom. The third-order valence-electron chi connectivity index (χ3n) is 2.13. The van der Waals surface area contributed by atoms with Gasteiger partial charge >= 0.3 is 0 Å². The van der Waals surface area contributed by atoms with E-state index in [-0.39, 0.29) is 0 Å². The Kier molecular flexibility index (Phi) is 3.58. The first kappa shape index (κ1) is 11.2. The lowest BCUT2D eigenvalue weighted by Gasteiger charge is -1.94. The number of nitrogens with zero attached hydrogens (tertiary/aromatic N) is 1. The lowest BCUT2D eigenvalue weighted by atomic mass is 10.4. The van der Waals surface area contributed by atoms with Crippen molar-refractivity contribution < 1.29 is 9.15 Å². The van der Waals surface area contributed by atoms with Crippen LogP contribution in [-0.4, -0.2) is 18.6 Å². The molecule has 0 spiro atoms. The normalized spacial score (nSPS) is 10.6. The van der Waals surface area contributed by atoms with Gasteiger partial charge in [-0.1, -0.05) is 6.92 Å². The van der Waals surface area contributed by atoms with Crippen LogP contribution in [0.2, 0.25) is 0 Å². The molecule has 0 aliphatic carbocycles. The monoisotopic (exact) mass is 238 g/mol. The Morgan fingerprint density at radius 2 is 2.44 bits per heavy atom. The molecule has 0 atom stereocenters. The molecule has 0 aliphatic heterocycles. The van der Waals surface area contributed by atoms with Crippen molar-refractivity contribution in [3.63, 3.8) is 0 Å². The third-order valence-corrected chi connectivity index (χ3v) is 3.06. The Hall–Kier alpha value is -1.33. The summed E-state index contributed by atoms with van der Waals surface area (Å²) in [4.78, 5) is 5.24. The molecule has 2 aromatic heterocycles. The number of methoxy groups -OCH3 is 1. The first-order valence-electron chi connectivity index (χ1n) is 5.11. The topological polar surface area (TPSA) is 47.3 Å². The average Bonchev–Trinajstić information content (AvgIpc) is 2.94. The quantitative estimate of drug-likeness (QED) is 0.869. The molecule has 16 heavy (non-hydrogen) atoms. The number of nitrogens with one attached hydrogen (secondary N) is 1. The van der Waals surface area contributed by atoms with E-state index in [1.807, 2.05) is 18.4 Å². The summed E-state index contributed by atoms with van der Waals surface area (Å²) in [7, 11) is 1.66. The Labute approximate surface area is 98.3 Å². The van der Waals surface area contributed by atoms with Crippen LogP contribution < -0.4 is 10.1 Å². The molecule has 2 aromatic rings. The molecule has 0 amide bonds. The van der Waals surface area contributed by atoms with Gasteiger partial charge in [0, 0.05) is 11.4 Å². The summed E-state index contributed by atoms with van der Waals surface area (Å²) in [6.07, 6.45) is 1.75. The van der Waals surface area contributed by atoms with E-state index in [0.717, 1.165) is 22.9 Å². The summed E-state index contributed by atoms with van der Waals surface area (Å²) in [6, 6.07) is 1.95. The van der Waals surface area contributed by atoms with E-state index in [1.165, 1.54) is 0 Å². The van der Waals surface area contributed by atoms with E-state index in [9.17, 15) is 0 Å². The summed E-state index contributed by atoms with van der Waals surface area (Å²) in [5.41, 5.74) is 0. The highest BCUT2D eigenvalue weighted by molar-refractivity contribution is 7.13. The summed E-state index contributed by atoms with van der Waals surface area (Å²) < 4.78 is 10.7. The van der Waals surface area contributed by atoms with Crippen molar-refractivity contribution in [1.82, 2.24) is 10.3 Å². The number of oxazole rings is 1. The van der Waals surface area contributed by atoms with E-state index in [0.29, 0.717) is 12.4 Å². The molecular weight excluding hydrogens is 224 g/mol. The minimum Gasteiger partial charge on any atom is -0.496 e. The molecule has 0 bridgehead atoms. The molecule has 0 fully saturated rings. The van der Waals surface area contributed by atoms with Crippen LogP contribution in [0.4, 0.5) is 0 Å². The molecule has 0 saturated carbocycles. The average molecular weight is 238 g/mol. The Balaban J connectivity index is 2.11. The molecule has 86 valence electrons. The second-order valence-electron chi connectivity index (χ2n) is 3.25. The van der Waals surface area contributed by atoms with Crippen LogP contribution in [0.15, 0.2) is 22.1 Å². The molecule has 4 nitrogen and oxygen atoms in total. The van der Waals surface area contributed by atoms with Crippen LogP contribution in [-0.2, 0) is 6.54 Å². The van der Waals surface area contributed by atoms with Gasteiger partial charge in [0.05, 0.1) is 24.7 Å². The van der Waals surface area contributed by atoms with Crippen LogP contribution in [0, 0.1) is 0 Å². The number of rotatable bonds is 5. The molecule has 0 aromatic carbocycles. The van der Waals surface area contributed by atoms with E-state index in [4.69, 9.17) is 9.15 Å². The predicted molar refractivity (Wildman–Crippen MR) is 63.7 cm³/mol. The molecule has 0 unspecified atom stereocenters. The van der Waals surface area contributed by atoms with Gasteiger partial charge < -0.3 is 14.5 Å². The zero-order valence-corrected chi connectivity index (χ0v) is 10.1. The van der Waals surface area contributed by atoms with E-state index in [2.05, 4.69) is 10.3 Å². The molecule has 0 saturated heterocycles. The van der Waals surface area contributed by atoms with Crippen LogP contribution in [0.5, 0.6) is 5.75 Å². The minimum atomic E-state index is 0.666. The lowest BCUT2D eigenvalue weighted by molar-refractivity contribution is 0.416. The summed E-state index contributed by atoms with van der Waals surface area (Å²) >= 11 is 1.59. The molecular formula is C11H14N2O2S. The minimum absolute atomic E-state index is 0.666. The molecule has 2 rings (SSSR count). The predicted octanol–water partition coefficient (Wildman–Crippen LogP) is 2.52. The van der Waals surface area contributed by atoms with Crippen molar-refractivity contribution in [2.24, 2.45) is 0 Å². The van der Waals surface area contributed by atoms with Gasteiger partial charge in [-0.05, 0) is 6.54 Å². The highest BCUT2D eigenvalue weighted by Crippen LogP contribution is 2.31. The van der Waals surface area contributed by atoms with Crippen LogP contribution in [0.25, 0.3) is 10.6 Å². The molecule has 5 heteroatoms. The fraction of sp³-hybridized carbons (Fsp3) is 0.364. The largest absolute Gasteiger partial charge is 0.496 e. The Bertz CT molecular complexity index is 450. The highest BCUT2D eigenvalue weighted by Gasteiger charge is 2.08. The summed E-state index contributed by atoms with van der Waals surface area (Å²) in [5.74, 6) is 2.36. The number of ether oxygens (including phenoxy) is 1. The van der Waals surface area contributed by atoms with Crippen LogP contribution in [0.3, 0.4) is 0 Å². The summed E-state index contributed by atoms with van der Waals surface area (Å²) in [6.45, 7) is 3.62. The van der Waals surface area contributed by atoms with Gasteiger partial charge in [0.25, 0.3) is 0 Å². The van der Waals surface area contributed by atoms with Crippen molar-refractivity contribution >= 4 is 11.3 Å². The smallest absolute Gasteiger partial charge is 0.208 e. The highest BCUT2D eigenvalue weighted by atomic mass is 32.1. The van der Waals surface area contributed by atoms with E-state index in [1.54, 1.807) is 24.6 Å². The number of aromatic nitrogens is 1. The van der Waals surface area contributed by atoms with Gasteiger partial charge in [0.1, 0.15) is 5.75 Å². The second-order valence-corrected chi connectivity index (χ2v) is 4.16. The lowest BCUT2D eigenvalue weighted by Crippen LogP contribution is -2.11. The SMILES string of the molecule is CCNCc1ncc(-c2cc(OC)cs2)o1.